The van der Waals surface area contributed by atoms with Crippen molar-refractivity contribution >= 4 is 17.7 Å². The Morgan fingerprint density at radius 1 is 1.19 bits per heavy atom. The summed E-state index contributed by atoms with van der Waals surface area (Å²) in [5, 5.41) is 16.8. The van der Waals surface area contributed by atoms with E-state index in [1.807, 2.05) is 50.2 Å². The number of aromatic nitrogens is 3. The molecule has 1 N–H and O–H groups in total. The van der Waals surface area contributed by atoms with Crippen molar-refractivity contribution in [3.63, 3.8) is 0 Å². The highest BCUT2D eigenvalue weighted by molar-refractivity contribution is 6.10. The highest BCUT2D eigenvalue weighted by Gasteiger charge is 2.15. The Labute approximate surface area is 157 Å². The second-order valence-corrected chi connectivity index (χ2v) is 6.23. The molecule has 0 aliphatic rings. The van der Waals surface area contributed by atoms with Crippen LogP contribution in [0.3, 0.4) is 0 Å². The van der Waals surface area contributed by atoms with Gasteiger partial charge in [0.05, 0.1) is 5.69 Å². The Morgan fingerprint density at radius 2 is 1.85 bits per heavy atom. The molecular weight excluding hydrogens is 338 g/mol. The minimum absolute atomic E-state index is 0.0148. The van der Waals surface area contributed by atoms with Crippen LogP contribution < -0.4 is 5.32 Å². The summed E-state index contributed by atoms with van der Waals surface area (Å²) in [6, 6.07) is 11.4. The molecule has 0 aliphatic carbocycles. The summed E-state index contributed by atoms with van der Waals surface area (Å²) in [5.41, 5.74) is 4.87. The number of para-hydroxylation sites is 1. The predicted molar refractivity (Wildman–Crippen MR) is 105 cm³/mol. The third kappa shape index (κ3) is 3.93. The lowest BCUT2D eigenvalue weighted by Gasteiger charge is -2.10. The SMILES string of the molecule is Cc1cccc(C)c1NC(=O)C(C#N)=Cc1cn(C)nc1-c1ccncc1. The van der Waals surface area contributed by atoms with Crippen LogP contribution in [0.1, 0.15) is 16.7 Å². The number of nitrogens with zero attached hydrogens (tertiary/aromatic N) is 4. The quantitative estimate of drug-likeness (QED) is 0.571. The zero-order chi connectivity index (χ0) is 19.4. The number of hydrogen-bond donors (Lipinski definition) is 1. The molecule has 3 aromatic rings. The highest BCUT2D eigenvalue weighted by Crippen LogP contribution is 2.24. The maximum Gasteiger partial charge on any atom is 0.266 e. The maximum absolute atomic E-state index is 12.7. The van der Waals surface area contributed by atoms with Crippen molar-refractivity contribution in [2.45, 2.75) is 13.8 Å². The lowest BCUT2D eigenvalue weighted by molar-refractivity contribution is -0.112. The van der Waals surface area contributed by atoms with Crippen molar-refractivity contribution in [1.29, 1.82) is 5.26 Å². The monoisotopic (exact) mass is 357 g/mol. The van der Waals surface area contributed by atoms with E-state index in [1.165, 1.54) is 0 Å². The Morgan fingerprint density at radius 3 is 2.48 bits per heavy atom. The molecule has 3 rings (SSSR count). The molecule has 6 heteroatoms. The second-order valence-electron chi connectivity index (χ2n) is 6.23. The molecule has 6 nitrogen and oxygen atoms in total. The van der Waals surface area contributed by atoms with Gasteiger partial charge >= 0.3 is 0 Å². The number of nitrogens with one attached hydrogen (secondary N) is 1. The average Bonchev–Trinajstić information content (AvgIpc) is 3.03. The third-order valence-corrected chi connectivity index (χ3v) is 4.20. The lowest BCUT2D eigenvalue weighted by Crippen LogP contribution is -2.15. The molecule has 1 aromatic carbocycles. The molecule has 0 saturated carbocycles. The van der Waals surface area contributed by atoms with Crippen molar-refractivity contribution < 1.29 is 4.79 Å². The van der Waals surface area contributed by atoms with Gasteiger partial charge in [0.15, 0.2) is 0 Å². The maximum atomic E-state index is 12.7. The van der Waals surface area contributed by atoms with Crippen molar-refractivity contribution in [2.24, 2.45) is 7.05 Å². The van der Waals surface area contributed by atoms with Crippen LogP contribution in [-0.4, -0.2) is 20.7 Å². The van der Waals surface area contributed by atoms with Crippen LogP contribution in [0.15, 0.2) is 54.5 Å². The molecular formula is C21H19N5O. The zero-order valence-electron chi connectivity index (χ0n) is 15.4. The number of rotatable bonds is 4. The van der Waals surface area contributed by atoms with Crippen LogP contribution in [0.5, 0.6) is 0 Å². The normalized spacial score (nSPS) is 11.1. The fourth-order valence-electron chi connectivity index (χ4n) is 2.84. The number of benzene rings is 1. The second kappa shape index (κ2) is 7.67. The van der Waals surface area contributed by atoms with Gasteiger partial charge in [-0.05, 0) is 43.2 Å². The number of pyridine rings is 1. The number of amides is 1. The van der Waals surface area contributed by atoms with Crippen LogP contribution in [-0.2, 0) is 11.8 Å². The molecule has 134 valence electrons. The summed E-state index contributed by atoms with van der Waals surface area (Å²) in [5.74, 6) is -0.445. The molecule has 2 heterocycles. The summed E-state index contributed by atoms with van der Waals surface area (Å²) >= 11 is 0. The lowest BCUT2D eigenvalue weighted by atomic mass is 10.1. The predicted octanol–water partition coefficient (Wildman–Crippen LogP) is 3.64. The standard InChI is InChI=1S/C21H19N5O/c1-14-5-4-6-15(2)19(14)24-21(27)17(12-22)11-18-13-26(3)25-20(18)16-7-9-23-10-8-16/h4-11,13H,1-3H3,(H,24,27). The van der Waals surface area contributed by atoms with Crippen LogP contribution in [0, 0.1) is 25.2 Å². The molecule has 0 spiro atoms. The summed E-state index contributed by atoms with van der Waals surface area (Å²) in [6.07, 6.45) is 6.69. The Balaban J connectivity index is 1.96. The molecule has 1 amide bonds. The van der Waals surface area contributed by atoms with Gasteiger partial charge in [0.1, 0.15) is 11.6 Å². The van der Waals surface area contributed by atoms with E-state index in [-0.39, 0.29) is 5.57 Å². The van der Waals surface area contributed by atoms with Crippen LogP contribution in [0.25, 0.3) is 17.3 Å². The first kappa shape index (κ1) is 18.1. The molecule has 0 unspecified atom stereocenters. The van der Waals surface area contributed by atoms with Gasteiger partial charge in [-0.15, -0.1) is 0 Å². The number of hydrogen-bond acceptors (Lipinski definition) is 4. The number of aryl methyl sites for hydroxylation is 3. The molecule has 0 fully saturated rings. The molecule has 0 atom stereocenters. The van der Waals surface area contributed by atoms with E-state index >= 15 is 0 Å². The minimum Gasteiger partial charge on any atom is -0.321 e. The smallest absolute Gasteiger partial charge is 0.266 e. The van der Waals surface area contributed by atoms with Gasteiger partial charge in [0, 0.05) is 42.5 Å². The fourth-order valence-corrected chi connectivity index (χ4v) is 2.84. The Bertz CT molecular complexity index is 1040. The summed E-state index contributed by atoms with van der Waals surface area (Å²) in [4.78, 5) is 16.7. The molecule has 27 heavy (non-hydrogen) atoms. The van der Waals surface area contributed by atoms with E-state index in [0.29, 0.717) is 11.3 Å². The van der Waals surface area contributed by atoms with E-state index in [0.717, 1.165) is 22.4 Å². The Kier molecular flexibility index (Phi) is 5.13. The van der Waals surface area contributed by atoms with Gasteiger partial charge < -0.3 is 5.32 Å². The zero-order valence-corrected chi connectivity index (χ0v) is 15.4. The van der Waals surface area contributed by atoms with Gasteiger partial charge in [0.2, 0.25) is 0 Å². The Hall–Kier alpha value is -3.72. The molecule has 0 bridgehead atoms. The number of carbonyl (C=O) groups excluding carboxylic acids is 1. The van der Waals surface area contributed by atoms with Gasteiger partial charge in [-0.2, -0.15) is 10.4 Å². The number of carbonyl (C=O) groups is 1. The van der Waals surface area contributed by atoms with Crippen LogP contribution in [0.2, 0.25) is 0 Å². The molecule has 0 saturated heterocycles. The van der Waals surface area contributed by atoms with Crippen molar-refractivity contribution in [3.8, 4) is 17.3 Å². The third-order valence-electron chi connectivity index (χ3n) is 4.20. The van der Waals surface area contributed by atoms with Crippen LogP contribution in [0.4, 0.5) is 5.69 Å². The average molecular weight is 357 g/mol. The van der Waals surface area contributed by atoms with Gasteiger partial charge in [-0.25, -0.2) is 0 Å². The summed E-state index contributed by atoms with van der Waals surface area (Å²) in [7, 11) is 1.80. The fraction of sp³-hybridized carbons (Fsp3) is 0.143. The first-order valence-corrected chi connectivity index (χ1v) is 8.43. The topological polar surface area (TPSA) is 83.6 Å². The van der Waals surface area contributed by atoms with E-state index < -0.39 is 5.91 Å². The van der Waals surface area contributed by atoms with E-state index in [4.69, 9.17) is 0 Å². The number of nitriles is 1. The van der Waals surface area contributed by atoms with E-state index in [2.05, 4.69) is 15.4 Å². The molecule has 2 aromatic heterocycles. The van der Waals surface area contributed by atoms with Crippen molar-refractivity contribution in [2.75, 3.05) is 5.32 Å². The van der Waals surface area contributed by atoms with Crippen molar-refractivity contribution in [1.82, 2.24) is 14.8 Å². The summed E-state index contributed by atoms with van der Waals surface area (Å²) in [6.45, 7) is 3.84. The van der Waals surface area contributed by atoms with Gasteiger partial charge in [0.25, 0.3) is 5.91 Å². The van der Waals surface area contributed by atoms with Crippen molar-refractivity contribution in [3.05, 3.63) is 71.2 Å². The summed E-state index contributed by atoms with van der Waals surface area (Å²) < 4.78 is 1.65. The highest BCUT2D eigenvalue weighted by atomic mass is 16.1. The molecule has 0 aliphatic heterocycles. The largest absolute Gasteiger partial charge is 0.321 e. The first-order valence-electron chi connectivity index (χ1n) is 8.43. The first-order chi connectivity index (χ1) is 13.0. The van der Waals surface area contributed by atoms with E-state index in [1.54, 1.807) is 36.4 Å². The van der Waals surface area contributed by atoms with Gasteiger partial charge in [-0.3, -0.25) is 14.5 Å². The minimum atomic E-state index is -0.445. The van der Waals surface area contributed by atoms with E-state index in [9.17, 15) is 10.1 Å². The number of anilines is 1. The van der Waals surface area contributed by atoms with Gasteiger partial charge in [-0.1, -0.05) is 18.2 Å². The van der Waals surface area contributed by atoms with Crippen LogP contribution >= 0.6 is 0 Å². The molecule has 0 radical (unpaired) electrons.